The Kier molecular flexibility index (Phi) is 6.14. The molecular formula is C19H22N6S. The van der Waals surface area contributed by atoms with E-state index < -0.39 is 0 Å². The molecule has 1 atom stereocenters. The van der Waals surface area contributed by atoms with Crippen molar-refractivity contribution < 1.29 is 0 Å². The van der Waals surface area contributed by atoms with Gasteiger partial charge in [-0.2, -0.15) is 10.5 Å². The Morgan fingerprint density at radius 2 is 1.88 bits per heavy atom. The van der Waals surface area contributed by atoms with Crippen LogP contribution in [0.5, 0.6) is 0 Å². The molecule has 0 spiro atoms. The number of benzene rings is 1. The summed E-state index contributed by atoms with van der Waals surface area (Å²) in [5.74, 6) is 1.33. The van der Waals surface area contributed by atoms with Crippen molar-refractivity contribution in [3.05, 3.63) is 29.8 Å². The molecule has 1 fully saturated rings. The first-order valence-corrected chi connectivity index (χ1v) is 9.88. The summed E-state index contributed by atoms with van der Waals surface area (Å²) in [4.78, 5) is 2.27. The summed E-state index contributed by atoms with van der Waals surface area (Å²) >= 11 is 1.54. The first kappa shape index (κ1) is 18.3. The number of aromatic nitrogens is 3. The van der Waals surface area contributed by atoms with Gasteiger partial charge in [0.25, 0.3) is 0 Å². The molecule has 0 N–H and O–H groups in total. The van der Waals surface area contributed by atoms with Gasteiger partial charge in [0.2, 0.25) is 5.95 Å². The van der Waals surface area contributed by atoms with Crippen molar-refractivity contribution in [2.75, 3.05) is 23.7 Å². The minimum absolute atomic E-state index is 0.155. The molecule has 0 aliphatic carbocycles. The molecule has 0 saturated carbocycles. The largest absolute Gasteiger partial charge is 0.341 e. The molecule has 1 aromatic carbocycles. The van der Waals surface area contributed by atoms with Gasteiger partial charge in [-0.3, -0.25) is 4.57 Å². The number of nitrogens with zero attached hydrogens (tertiary/aromatic N) is 6. The van der Waals surface area contributed by atoms with Crippen LogP contribution in [0.4, 0.5) is 5.95 Å². The van der Waals surface area contributed by atoms with Gasteiger partial charge in [-0.1, -0.05) is 29.5 Å². The molecule has 2 heterocycles. The summed E-state index contributed by atoms with van der Waals surface area (Å²) in [5.41, 5.74) is 2.25. The Hall–Kier alpha value is -2.51. The predicted octanol–water partition coefficient (Wildman–Crippen LogP) is 3.71. The van der Waals surface area contributed by atoms with Gasteiger partial charge in [0.15, 0.2) is 5.16 Å². The molecule has 2 aromatic rings. The molecule has 0 unspecified atom stereocenters. The van der Waals surface area contributed by atoms with Crippen LogP contribution in [0.2, 0.25) is 0 Å². The van der Waals surface area contributed by atoms with Crippen LogP contribution in [0, 0.1) is 35.5 Å². The molecule has 0 amide bonds. The lowest BCUT2D eigenvalue weighted by Gasteiger charge is -2.18. The van der Waals surface area contributed by atoms with Crippen LogP contribution in [0.25, 0.3) is 5.69 Å². The molecule has 0 radical (unpaired) electrons. The SMILES string of the molecule is Cc1ccc(-n2c(SC[C@@H](C#N)CCC#N)nnc2N2CCCC2)cc1. The zero-order valence-corrected chi connectivity index (χ0v) is 15.7. The number of aryl methyl sites for hydroxylation is 1. The van der Waals surface area contributed by atoms with Crippen molar-refractivity contribution in [1.29, 1.82) is 10.5 Å². The molecule has 1 aliphatic heterocycles. The highest BCUT2D eigenvalue weighted by Crippen LogP contribution is 2.30. The van der Waals surface area contributed by atoms with Gasteiger partial charge < -0.3 is 4.90 Å². The fourth-order valence-electron chi connectivity index (χ4n) is 3.00. The topological polar surface area (TPSA) is 81.5 Å². The number of rotatable bonds is 7. The lowest BCUT2D eigenvalue weighted by atomic mass is 10.1. The standard InChI is InChI=1S/C19H22N6S/c1-15-6-8-17(9-7-15)25-18(24-11-2-3-12-24)22-23-19(25)26-14-16(13-21)5-4-10-20/h6-9,16H,2-5,11-12,14H2,1H3/t16-/m1/s1. The first-order valence-electron chi connectivity index (χ1n) is 8.89. The maximum absolute atomic E-state index is 9.30. The van der Waals surface area contributed by atoms with Gasteiger partial charge in [0.1, 0.15) is 0 Å². The van der Waals surface area contributed by atoms with E-state index in [1.807, 2.05) is 0 Å². The summed E-state index contributed by atoms with van der Waals surface area (Å²) < 4.78 is 2.09. The maximum Gasteiger partial charge on any atom is 0.232 e. The quantitative estimate of drug-likeness (QED) is 0.695. The van der Waals surface area contributed by atoms with E-state index >= 15 is 0 Å². The Bertz CT molecular complexity index is 808. The smallest absolute Gasteiger partial charge is 0.232 e. The van der Waals surface area contributed by atoms with E-state index in [1.54, 1.807) is 0 Å². The van der Waals surface area contributed by atoms with E-state index in [2.05, 4.69) is 63.0 Å². The van der Waals surface area contributed by atoms with Crippen LogP contribution in [0.1, 0.15) is 31.2 Å². The number of thioether (sulfide) groups is 1. The average molecular weight is 366 g/mol. The van der Waals surface area contributed by atoms with Gasteiger partial charge in [-0.25, -0.2) is 0 Å². The second kappa shape index (κ2) is 8.73. The van der Waals surface area contributed by atoms with Gasteiger partial charge in [-0.15, -0.1) is 10.2 Å². The highest BCUT2D eigenvalue weighted by atomic mass is 32.2. The summed E-state index contributed by atoms with van der Waals surface area (Å²) in [6, 6.07) is 12.7. The molecule has 0 bridgehead atoms. The van der Waals surface area contributed by atoms with Crippen molar-refractivity contribution in [1.82, 2.24) is 14.8 Å². The monoisotopic (exact) mass is 366 g/mol. The maximum atomic E-state index is 9.30. The summed E-state index contributed by atoms with van der Waals surface area (Å²) in [6.07, 6.45) is 3.35. The van der Waals surface area contributed by atoms with Crippen molar-refractivity contribution in [3.63, 3.8) is 0 Å². The predicted molar refractivity (Wildman–Crippen MR) is 102 cm³/mol. The Labute approximate surface area is 158 Å². The van der Waals surface area contributed by atoms with Crippen molar-refractivity contribution in [3.8, 4) is 17.8 Å². The Morgan fingerprint density at radius 1 is 1.15 bits per heavy atom. The number of anilines is 1. The zero-order valence-electron chi connectivity index (χ0n) is 14.9. The van der Waals surface area contributed by atoms with E-state index in [4.69, 9.17) is 5.26 Å². The van der Waals surface area contributed by atoms with E-state index in [0.29, 0.717) is 18.6 Å². The van der Waals surface area contributed by atoms with Crippen LogP contribution in [0.15, 0.2) is 29.4 Å². The summed E-state index contributed by atoms with van der Waals surface area (Å²) in [6.45, 7) is 4.06. The van der Waals surface area contributed by atoms with Crippen LogP contribution >= 0.6 is 11.8 Å². The minimum atomic E-state index is -0.155. The van der Waals surface area contributed by atoms with E-state index in [-0.39, 0.29) is 5.92 Å². The van der Waals surface area contributed by atoms with Gasteiger partial charge in [0, 0.05) is 25.3 Å². The Morgan fingerprint density at radius 3 is 2.54 bits per heavy atom. The second-order valence-electron chi connectivity index (χ2n) is 6.48. The number of hydrogen-bond acceptors (Lipinski definition) is 6. The molecule has 134 valence electrons. The molecule has 7 heteroatoms. The van der Waals surface area contributed by atoms with Gasteiger partial charge in [0.05, 0.1) is 23.7 Å². The third-order valence-electron chi connectivity index (χ3n) is 4.50. The third-order valence-corrected chi connectivity index (χ3v) is 5.59. The second-order valence-corrected chi connectivity index (χ2v) is 7.47. The lowest BCUT2D eigenvalue weighted by molar-refractivity contribution is 0.683. The molecule has 26 heavy (non-hydrogen) atoms. The highest BCUT2D eigenvalue weighted by Gasteiger charge is 2.23. The van der Waals surface area contributed by atoms with Gasteiger partial charge in [-0.05, 0) is 38.3 Å². The molecule has 1 aromatic heterocycles. The minimum Gasteiger partial charge on any atom is -0.341 e. The molecule has 1 aliphatic rings. The number of hydrogen-bond donors (Lipinski definition) is 0. The zero-order chi connectivity index (χ0) is 18.4. The van der Waals surface area contributed by atoms with Crippen LogP contribution in [-0.4, -0.2) is 33.6 Å². The third kappa shape index (κ3) is 4.17. The van der Waals surface area contributed by atoms with E-state index in [9.17, 15) is 5.26 Å². The lowest BCUT2D eigenvalue weighted by Crippen LogP contribution is -2.22. The molecule has 1 saturated heterocycles. The fourth-order valence-corrected chi connectivity index (χ4v) is 4.00. The van der Waals surface area contributed by atoms with Crippen molar-refractivity contribution in [2.24, 2.45) is 5.92 Å². The summed E-state index contributed by atoms with van der Waals surface area (Å²) in [7, 11) is 0. The number of nitriles is 2. The molecular weight excluding hydrogens is 344 g/mol. The average Bonchev–Trinajstić information content (AvgIpc) is 3.32. The summed E-state index contributed by atoms with van der Waals surface area (Å²) in [5, 5.41) is 27.7. The van der Waals surface area contributed by atoms with Crippen molar-refractivity contribution in [2.45, 2.75) is 37.8 Å². The fraction of sp³-hybridized carbons (Fsp3) is 0.474. The normalized spacial score (nSPS) is 14.8. The first-order chi connectivity index (χ1) is 12.7. The highest BCUT2D eigenvalue weighted by molar-refractivity contribution is 7.99. The van der Waals surface area contributed by atoms with Gasteiger partial charge >= 0.3 is 0 Å². The van der Waals surface area contributed by atoms with Crippen LogP contribution in [-0.2, 0) is 0 Å². The Balaban J connectivity index is 1.86. The van der Waals surface area contributed by atoms with E-state index in [0.717, 1.165) is 29.9 Å². The molecule has 3 rings (SSSR count). The van der Waals surface area contributed by atoms with Crippen LogP contribution in [0.3, 0.4) is 0 Å². The van der Waals surface area contributed by atoms with Crippen molar-refractivity contribution >= 4 is 17.7 Å². The van der Waals surface area contributed by atoms with Crippen LogP contribution < -0.4 is 4.90 Å². The van der Waals surface area contributed by atoms with E-state index in [1.165, 1.54) is 30.2 Å². The molecule has 6 nitrogen and oxygen atoms in total.